The second kappa shape index (κ2) is 10.5. The molecule has 8 heteroatoms. The summed E-state index contributed by atoms with van der Waals surface area (Å²) in [5, 5.41) is 5.46. The fourth-order valence-corrected chi connectivity index (χ4v) is 2.83. The molecule has 1 rings (SSSR count). The normalized spacial score (nSPS) is 17.5. The van der Waals surface area contributed by atoms with Crippen LogP contribution in [-0.2, 0) is 14.4 Å². The van der Waals surface area contributed by atoms with Crippen molar-refractivity contribution in [2.45, 2.75) is 57.0 Å². The van der Waals surface area contributed by atoms with Gasteiger partial charge in [-0.25, -0.2) is 0 Å². The number of carbonyl (C=O) groups is 3. The van der Waals surface area contributed by atoms with Crippen molar-refractivity contribution in [1.82, 2.24) is 10.6 Å². The highest BCUT2D eigenvalue weighted by molar-refractivity contribution is 7.80. The van der Waals surface area contributed by atoms with E-state index in [0.29, 0.717) is 31.6 Å². The fourth-order valence-electron chi connectivity index (χ4n) is 2.66. The number of nitrogens with one attached hydrogen (secondary N) is 2. The van der Waals surface area contributed by atoms with Gasteiger partial charge in [-0.15, -0.1) is 0 Å². The summed E-state index contributed by atoms with van der Waals surface area (Å²) in [6, 6.07) is -1.25. The predicted molar refractivity (Wildman–Crippen MR) is 91.8 cm³/mol. The van der Waals surface area contributed by atoms with Gasteiger partial charge in [-0.1, -0.05) is 12.8 Å². The van der Waals surface area contributed by atoms with Crippen molar-refractivity contribution in [3.8, 4) is 0 Å². The van der Waals surface area contributed by atoms with Crippen LogP contribution in [0.1, 0.15) is 44.9 Å². The van der Waals surface area contributed by atoms with Gasteiger partial charge in [0, 0.05) is 18.2 Å². The first-order chi connectivity index (χ1) is 11.0. The molecule has 23 heavy (non-hydrogen) atoms. The molecule has 1 fully saturated rings. The Bertz CT molecular complexity index is 414. The second-order valence-corrected chi connectivity index (χ2v) is 6.39. The van der Waals surface area contributed by atoms with Gasteiger partial charge >= 0.3 is 0 Å². The van der Waals surface area contributed by atoms with Crippen LogP contribution in [0.4, 0.5) is 0 Å². The summed E-state index contributed by atoms with van der Waals surface area (Å²) < 4.78 is 0. The van der Waals surface area contributed by atoms with Crippen LogP contribution in [0, 0.1) is 5.92 Å². The number of carbonyl (C=O) groups excluding carboxylic acids is 3. The van der Waals surface area contributed by atoms with E-state index in [-0.39, 0.29) is 17.7 Å². The molecule has 2 atom stereocenters. The number of nitrogens with two attached hydrogens (primary N) is 2. The number of primary amides is 1. The summed E-state index contributed by atoms with van der Waals surface area (Å²) in [4.78, 5) is 35.0. The molecular formula is C15H28N4O3S. The minimum atomic E-state index is -0.640. The minimum absolute atomic E-state index is 0.0128. The second-order valence-electron chi connectivity index (χ2n) is 6.02. The van der Waals surface area contributed by atoms with Crippen LogP contribution < -0.4 is 22.1 Å². The number of amides is 3. The van der Waals surface area contributed by atoms with Crippen molar-refractivity contribution >= 4 is 30.4 Å². The maximum atomic E-state index is 12.0. The van der Waals surface area contributed by atoms with E-state index in [2.05, 4.69) is 23.3 Å². The molecule has 1 aliphatic rings. The predicted octanol–water partition coefficient (Wildman–Crippen LogP) is -0.310. The van der Waals surface area contributed by atoms with E-state index in [1.165, 1.54) is 0 Å². The van der Waals surface area contributed by atoms with Gasteiger partial charge in [-0.2, -0.15) is 12.6 Å². The lowest BCUT2D eigenvalue weighted by atomic mass is 10.0. The Balaban J connectivity index is 2.24. The van der Waals surface area contributed by atoms with Crippen molar-refractivity contribution in [3.05, 3.63) is 0 Å². The zero-order valence-electron chi connectivity index (χ0n) is 13.4. The Morgan fingerprint density at radius 3 is 2.39 bits per heavy atom. The molecule has 0 saturated heterocycles. The zero-order valence-corrected chi connectivity index (χ0v) is 14.3. The van der Waals surface area contributed by atoms with Crippen molar-refractivity contribution in [1.29, 1.82) is 0 Å². The Labute approximate surface area is 142 Å². The summed E-state index contributed by atoms with van der Waals surface area (Å²) in [5.41, 5.74) is 10.9. The third-order valence-corrected chi connectivity index (χ3v) is 4.53. The monoisotopic (exact) mass is 344 g/mol. The lowest BCUT2D eigenvalue weighted by Crippen LogP contribution is -2.46. The molecule has 2 unspecified atom stereocenters. The summed E-state index contributed by atoms with van der Waals surface area (Å²) in [6.45, 7) is 0.475. The molecule has 0 aromatic heterocycles. The quantitative estimate of drug-likeness (QED) is 0.275. The Morgan fingerprint density at radius 2 is 1.83 bits per heavy atom. The lowest BCUT2D eigenvalue weighted by molar-refractivity contribution is -0.129. The van der Waals surface area contributed by atoms with Crippen LogP contribution in [0.3, 0.4) is 0 Å². The standard InChI is InChI=1S/C15H28N4O3S/c16-11(9-23)15(22)18-8-4-3-7-12(13(17)20)19-14(21)10-5-1-2-6-10/h10-12,23H,1-9,16H2,(H2,17,20)(H,18,22)(H,19,21). The average Bonchev–Trinajstić information content (AvgIpc) is 3.06. The van der Waals surface area contributed by atoms with Gasteiger partial charge in [0.25, 0.3) is 0 Å². The van der Waals surface area contributed by atoms with Crippen LogP contribution in [0.25, 0.3) is 0 Å². The van der Waals surface area contributed by atoms with E-state index >= 15 is 0 Å². The van der Waals surface area contributed by atoms with E-state index in [0.717, 1.165) is 25.7 Å². The van der Waals surface area contributed by atoms with Crippen LogP contribution in [-0.4, -0.2) is 42.1 Å². The van der Waals surface area contributed by atoms with Gasteiger partial charge in [0.05, 0.1) is 6.04 Å². The minimum Gasteiger partial charge on any atom is -0.368 e. The van der Waals surface area contributed by atoms with Crippen molar-refractivity contribution < 1.29 is 14.4 Å². The number of unbranched alkanes of at least 4 members (excludes halogenated alkanes) is 1. The number of hydrogen-bond donors (Lipinski definition) is 5. The summed E-state index contributed by atoms with van der Waals surface area (Å²) in [6.07, 6.45) is 5.73. The topological polar surface area (TPSA) is 127 Å². The SMILES string of the molecule is NC(=O)C(CCCCNC(=O)C(N)CS)NC(=O)C1CCCC1. The highest BCUT2D eigenvalue weighted by Crippen LogP contribution is 2.24. The molecule has 3 amide bonds. The van der Waals surface area contributed by atoms with Crippen LogP contribution in [0.5, 0.6) is 0 Å². The molecule has 0 aromatic rings. The first-order valence-electron chi connectivity index (χ1n) is 8.19. The average molecular weight is 344 g/mol. The van der Waals surface area contributed by atoms with Gasteiger partial charge in [0.15, 0.2) is 0 Å². The molecule has 0 bridgehead atoms. The van der Waals surface area contributed by atoms with Crippen molar-refractivity contribution in [2.24, 2.45) is 17.4 Å². The lowest BCUT2D eigenvalue weighted by Gasteiger charge is -2.18. The summed E-state index contributed by atoms with van der Waals surface area (Å²) in [5.74, 6) is -0.514. The van der Waals surface area contributed by atoms with Gasteiger partial charge < -0.3 is 22.1 Å². The Hall–Kier alpha value is -1.28. The third kappa shape index (κ3) is 7.22. The molecule has 0 heterocycles. The molecule has 132 valence electrons. The fraction of sp³-hybridized carbons (Fsp3) is 0.800. The van der Waals surface area contributed by atoms with Crippen LogP contribution in [0.15, 0.2) is 0 Å². The first-order valence-corrected chi connectivity index (χ1v) is 8.82. The first kappa shape index (κ1) is 19.8. The van der Waals surface area contributed by atoms with Crippen molar-refractivity contribution in [3.63, 3.8) is 0 Å². The summed E-state index contributed by atoms with van der Waals surface area (Å²) in [7, 11) is 0. The number of thiol groups is 1. The molecule has 0 radical (unpaired) electrons. The van der Waals surface area contributed by atoms with E-state index < -0.39 is 18.0 Å². The van der Waals surface area contributed by atoms with Gasteiger partial charge in [-0.05, 0) is 32.1 Å². The van der Waals surface area contributed by atoms with E-state index in [9.17, 15) is 14.4 Å². The Morgan fingerprint density at radius 1 is 1.17 bits per heavy atom. The number of rotatable bonds is 10. The van der Waals surface area contributed by atoms with E-state index in [4.69, 9.17) is 11.5 Å². The molecular weight excluding hydrogens is 316 g/mol. The van der Waals surface area contributed by atoms with Crippen molar-refractivity contribution in [2.75, 3.05) is 12.3 Å². The molecule has 7 nitrogen and oxygen atoms in total. The summed E-state index contributed by atoms with van der Waals surface area (Å²) >= 11 is 3.96. The van der Waals surface area contributed by atoms with Crippen LogP contribution in [0.2, 0.25) is 0 Å². The van der Waals surface area contributed by atoms with Gasteiger partial charge in [-0.3, -0.25) is 14.4 Å². The molecule has 1 aliphatic carbocycles. The zero-order chi connectivity index (χ0) is 17.2. The van der Waals surface area contributed by atoms with E-state index in [1.807, 2.05) is 0 Å². The maximum absolute atomic E-state index is 12.0. The molecule has 0 spiro atoms. The smallest absolute Gasteiger partial charge is 0.239 e. The van der Waals surface area contributed by atoms with Gasteiger partial charge in [0.1, 0.15) is 6.04 Å². The maximum Gasteiger partial charge on any atom is 0.239 e. The molecule has 0 aliphatic heterocycles. The van der Waals surface area contributed by atoms with Crippen LogP contribution >= 0.6 is 12.6 Å². The number of hydrogen-bond acceptors (Lipinski definition) is 5. The van der Waals surface area contributed by atoms with E-state index in [1.54, 1.807) is 0 Å². The Kier molecular flexibility index (Phi) is 9.01. The highest BCUT2D eigenvalue weighted by atomic mass is 32.1. The highest BCUT2D eigenvalue weighted by Gasteiger charge is 2.26. The molecule has 6 N–H and O–H groups in total. The largest absolute Gasteiger partial charge is 0.368 e. The molecule has 1 saturated carbocycles. The van der Waals surface area contributed by atoms with Gasteiger partial charge in [0.2, 0.25) is 17.7 Å². The third-order valence-electron chi connectivity index (χ3n) is 4.14. The molecule has 0 aromatic carbocycles.